The molecule has 0 atom stereocenters. The van der Waals surface area contributed by atoms with Crippen LogP contribution >= 0.6 is 11.3 Å². The Bertz CT molecular complexity index is 733. The smallest absolute Gasteiger partial charge is 0.226 e. The van der Waals surface area contributed by atoms with Crippen LogP contribution in [0.3, 0.4) is 0 Å². The lowest BCUT2D eigenvalue weighted by Gasteiger charge is -2.32. The van der Waals surface area contributed by atoms with Crippen LogP contribution < -0.4 is 4.90 Å². The van der Waals surface area contributed by atoms with Gasteiger partial charge in [-0.15, -0.1) is 11.3 Å². The highest BCUT2D eigenvalue weighted by molar-refractivity contribution is 7.16. The van der Waals surface area contributed by atoms with E-state index < -0.39 is 0 Å². The fourth-order valence-electron chi connectivity index (χ4n) is 4.18. The van der Waals surface area contributed by atoms with E-state index in [1.54, 1.807) is 11.3 Å². The topological polar surface area (TPSA) is 41.5 Å². The van der Waals surface area contributed by atoms with Crippen LogP contribution in [0.25, 0.3) is 10.2 Å². The van der Waals surface area contributed by atoms with E-state index >= 15 is 0 Å². The first-order valence-corrected chi connectivity index (χ1v) is 11.4. The Morgan fingerprint density at radius 1 is 1.19 bits per heavy atom. The van der Waals surface area contributed by atoms with Gasteiger partial charge in [-0.3, -0.25) is 0 Å². The van der Waals surface area contributed by atoms with Crippen molar-refractivity contribution in [2.45, 2.75) is 45.4 Å². The van der Waals surface area contributed by atoms with Gasteiger partial charge in [-0.05, 0) is 61.6 Å². The van der Waals surface area contributed by atoms with Gasteiger partial charge in [0, 0.05) is 37.8 Å². The summed E-state index contributed by atoms with van der Waals surface area (Å²) < 4.78 is 5.97. The summed E-state index contributed by atoms with van der Waals surface area (Å²) >= 11 is 1.74. The van der Waals surface area contributed by atoms with E-state index in [9.17, 15) is 0 Å². The molecular formula is C21H32N4OS. The Hall–Kier alpha value is -1.24. The fraction of sp³-hybridized carbons (Fsp3) is 0.714. The maximum atomic E-state index is 5.97. The first-order valence-electron chi connectivity index (χ1n) is 10.5. The molecule has 6 heteroatoms. The van der Waals surface area contributed by atoms with Gasteiger partial charge in [0.25, 0.3) is 0 Å². The third-order valence-electron chi connectivity index (χ3n) is 5.97. The van der Waals surface area contributed by atoms with Crippen molar-refractivity contribution in [3.05, 3.63) is 17.1 Å². The third-order valence-corrected chi connectivity index (χ3v) is 6.88. The summed E-state index contributed by atoms with van der Waals surface area (Å²) in [6, 6.07) is 0. The molecule has 0 unspecified atom stereocenters. The average molecular weight is 389 g/mol. The highest BCUT2D eigenvalue weighted by Gasteiger charge is 2.22. The number of nitrogens with zero attached hydrogens (tertiary/aromatic N) is 4. The van der Waals surface area contributed by atoms with Crippen molar-refractivity contribution in [3.8, 4) is 0 Å². The van der Waals surface area contributed by atoms with Gasteiger partial charge >= 0.3 is 0 Å². The number of aromatic nitrogens is 2. The number of anilines is 1. The molecule has 0 N–H and O–H groups in total. The molecule has 2 saturated heterocycles. The second kappa shape index (κ2) is 8.84. The summed E-state index contributed by atoms with van der Waals surface area (Å²) in [4.78, 5) is 15.5. The van der Waals surface area contributed by atoms with Crippen LogP contribution in [0, 0.1) is 5.92 Å². The van der Waals surface area contributed by atoms with Gasteiger partial charge in [0.1, 0.15) is 4.83 Å². The number of rotatable bonds is 7. The molecule has 0 spiro atoms. The van der Waals surface area contributed by atoms with E-state index in [0.717, 1.165) is 43.6 Å². The van der Waals surface area contributed by atoms with Gasteiger partial charge < -0.3 is 14.5 Å². The molecule has 0 aliphatic carbocycles. The predicted molar refractivity (Wildman–Crippen MR) is 113 cm³/mol. The van der Waals surface area contributed by atoms with Crippen LogP contribution in [-0.2, 0) is 4.74 Å². The van der Waals surface area contributed by atoms with Crippen LogP contribution in [-0.4, -0.2) is 60.8 Å². The normalized spacial score (nSPS) is 19.6. The molecule has 2 aliphatic rings. The van der Waals surface area contributed by atoms with Crippen LogP contribution in [0.1, 0.15) is 51.0 Å². The lowest BCUT2D eigenvalue weighted by molar-refractivity contribution is 0.0752. The lowest BCUT2D eigenvalue weighted by atomic mass is 9.98. The minimum Gasteiger partial charge on any atom is -0.380 e. The predicted octanol–water partition coefficient (Wildman–Crippen LogP) is 4.14. The zero-order valence-corrected chi connectivity index (χ0v) is 17.5. The Morgan fingerprint density at radius 3 is 2.70 bits per heavy atom. The highest BCUT2D eigenvalue weighted by Crippen LogP contribution is 2.31. The summed E-state index contributed by atoms with van der Waals surface area (Å²) in [6.07, 6.45) is 7.09. The first-order chi connectivity index (χ1) is 13.2. The molecule has 0 saturated carbocycles. The van der Waals surface area contributed by atoms with E-state index in [2.05, 4.69) is 34.0 Å². The van der Waals surface area contributed by atoms with E-state index in [4.69, 9.17) is 9.72 Å². The Labute approximate surface area is 166 Å². The van der Waals surface area contributed by atoms with Gasteiger partial charge in [-0.1, -0.05) is 13.8 Å². The zero-order chi connectivity index (χ0) is 18.6. The second-order valence-electron chi connectivity index (χ2n) is 8.29. The number of ether oxygens (including phenoxy) is 1. The monoisotopic (exact) mass is 388 g/mol. The SMILES string of the molecule is CC(C)c1csc2nc(N3CCC(COCCN4CCCC4)CC3)ncc12. The van der Waals surface area contributed by atoms with Crippen molar-refractivity contribution < 1.29 is 4.74 Å². The van der Waals surface area contributed by atoms with Crippen LogP contribution in [0.5, 0.6) is 0 Å². The Balaban J connectivity index is 1.24. The molecule has 27 heavy (non-hydrogen) atoms. The molecule has 2 aliphatic heterocycles. The van der Waals surface area contributed by atoms with Crippen molar-refractivity contribution in [1.29, 1.82) is 0 Å². The minimum atomic E-state index is 0.523. The summed E-state index contributed by atoms with van der Waals surface area (Å²) in [5, 5.41) is 3.46. The number of fused-ring (bicyclic) bond motifs is 1. The van der Waals surface area contributed by atoms with Crippen LogP contribution in [0.15, 0.2) is 11.6 Å². The molecule has 148 valence electrons. The maximum Gasteiger partial charge on any atom is 0.226 e. The second-order valence-corrected chi connectivity index (χ2v) is 9.15. The molecule has 2 aromatic rings. The number of hydrogen-bond acceptors (Lipinski definition) is 6. The fourth-order valence-corrected chi connectivity index (χ4v) is 5.25. The first kappa shape index (κ1) is 19.1. The maximum absolute atomic E-state index is 5.97. The van der Waals surface area contributed by atoms with E-state index in [1.807, 2.05) is 6.20 Å². The van der Waals surface area contributed by atoms with E-state index in [1.165, 1.54) is 49.7 Å². The molecule has 2 fully saturated rings. The Morgan fingerprint density at radius 2 is 1.96 bits per heavy atom. The highest BCUT2D eigenvalue weighted by atomic mass is 32.1. The van der Waals surface area contributed by atoms with Crippen molar-refractivity contribution >= 4 is 27.5 Å². The lowest BCUT2D eigenvalue weighted by Crippen LogP contribution is -2.36. The summed E-state index contributed by atoms with van der Waals surface area (Å²) in [7, 11) is 0. The minimum absolute atomic E-state index is 0.523. The van der Waals surface area contributed by atoms with Gasteiger partial charge in [-0.2, -0.15) is 0 Å². The Kier molecular flexibility index (Phi) is 6.25. The number of thiophene rings is 1. The molecule has 0 bridgehead atoms. The van der Waals surface area contributed by atoms with Gasteiger partial charge in [0.05, 0.1) is 6.61 Å². The molecule has 4 rings (SSSR count). The summed E-state index contributed by atoms with van der Waals surface area (Å²) in [5.41, 5.74) is 1.37. The number of piperidine rings is 1. The van der Waals surface area contributed by atoms with Crippen molar-refractivity contribution in [1.82, 2.24) is 14.9 Å². The van der Waals surface area contributed by atoms with Gasteiger partial charge in [0.15, 0.2) is 0 Å². The number of hydrogen-bond donors (Lipinski definition) is 0. The van der Waals surface area contributed by atoms with E-state index in [0.29, 0.717) is 11.8 Å². The average Bonchev–Trinajstić information content (AvgIpc) is 3.35. The summed E-state index contributed by atoms with van der Waals surface area (Å²) in [6.45, 7) is 11.9. The molecule has 2 aromatic heterocycles. The molecular weight excluding hydrogens is 356 g/mol. The molecule has 5 nitrogen and oxygen atoms in total. The van der Waals surface area contributed by atoms with Crippen LogP contribution in [0.4, 0.5) is 5.95 Å². The largest absolute Gasteiger partial charge is 0.380 e. The van der Waals surface area contributed by atoms with Crippen molar-refractivity contribution in [3.63, 3.8) is 0 Å². The molecule has 0 aromatic carbocycles. The molecule has 0 amide bonds. The van der Waals surface area contributed by atoms with Gasteiger partial charge in [0.2, 0.25) is 5.95 Å². The quantitative estimate of drug-likeness (QED) is 0.667. The molecule has 0 radical (unpaired) electrons. The zero-order valence-electron chi connectivity index (χ0n) is 16.7. The molecule has 4 heterocycles. The third kappa shape index (κ3) is 4.61. The number of likely N-dealkylation sites (tertiary alicyclic amines) is 1. The van der Waals surface area contributed by atoms with Crippen molar-refractivity contribution in [2.75, 3.05) is 50.8 Å². The van der Waals surface area contributed by atoms with Crippen molar-refractivity contribution in [2.24, 2.45) is 5.92 Å². The van der Waals surface area contributed by atoms with E-state index in [-0.39, 0.29) is 0 Å². The van der Waals surface area contributed by atoms with Crippen LogP contribution in [0.2, 0.25) is 0 Å². The van der Waals surface area contributed by atoms with Gasteiger partial charge in [-0.25, -0.2) is 9.97 Å². The summed E-state index contributed by atoms with van der Waals surface area (Å²) in [5.74, 6) is 2.10. The standard InChI is InChI=1S/C21H32N4OS/c1-16(2)19-15-27-20-18(19)13-22-21(23-20)25-9-5-17(6-10-25)14-26-12-11-24-7-3-4-8-24/h13,15-17H,3-12,14H2,1-2H3.